The average Bonchev–Trinajstić information content (AvgIpc) is 3.38. The second-order valence-corrected chi connectivity index (χ2v) is 12.5. The molecule has 11 heteroatoms. The largest absolute Gasteiger partial charge is 0.497 e. The van der Waals surface area contributed by atoms with Gasteiger partial charge >= 0.3 is 0 Å². The number of benzene rings is 1. The molecule has 0 atom stereocenters. The SMILES string of the molecule is COc1cc(C)c(S(=O)(=O)N(Cc2nc(C(=O)N3CCN(CCN4CCCC4)CC3)co2)C2CC2)c(C)c1. The van der Waals surface area contributed by atoms with E-state index in [4.69, 9.17) is 9.15 Å². The normalized spacial score (nSPS) is 19.4. The number of hydrogen-bond donors (Lipinski definition) is 0. The average molecular weight is 546 g/mol. The van der Waals surface area contributed by atoms with Gasteiger partial charge in [0.05, 0.1) is 18.6 Å². The van der Waals surface area contributed by atoms with Gasteiger partial charge in [0.1, 0.15) is 12.0 Å². The fraction of sp³-hybridized carbons (Fsp3) is 0.630. The highest BCUT2D eigenvalue weighted by atomic mass is 32.2. The van der Waals surface area contributed by atoms with E-state index in [1.165, 1.54) is 36.5 Å². The van der Waals surface area contributed by atoms with Gasteiger partial charge < -0.3 is 19.0 Å². The Labute approximate surface area is 225 Å². The van der Waals surface area contributed by atoms with E-state index in [0.29, 0.717) is 30.0 Å². The van der Waals surface area contributed by atoms with Crippen LogP contribution in [0.1, 0.15) is 53.2 Å². The van der Waals surface area contributed by atoms with E-state index >= 15 is 0 Å². The monoisotopic (exact) mass is 545 g/mol. The fourth-order valence-corrected chi connectivity index (χ4v) is 7.62. The third-order valence-electron chi connectivity index (χ3n) is 7.84. The Morgan fingerprint density at radius 3 is 2.21 bits per heavy atom. The number of aromatic nitrogens is 1. The minimum atomic E-state index is -3.80. The van der Waals surface area contributed by atoms with Crippen molar-refractivity contribution in [3.8, 4) is 5.75 Å². The second-order valence-electron chi connectivity index (χ2n) is 10.7. The molecule has 0 N–H and O–H groups in total. The van der Waals surface area contributed by atoms with Crippen molar-refractivity contribution in [3.05, 3.63) is 41.1 Å². The zero-order valence-corrected chi connectivity index (χ0v) is 23.5. The van der Waals surface area contributed by atoms with Crippen LogP contribution in [0.25, 0.3) is 0 Å². The van der Waals surface area contributed by atoms with Crippen LogP contribution in [0.15, 0.2) is 27.7 Å². The molecule has 0 spiro atoms. The Morgan fingerprint density at radius 1 is 1.03 bits per heavy atom. The van der Waals surface area contributed by atoms with Gasteiger partial charge in [-0.25, -0.2) is 13.4 Å². The minimum absolute atomic E-state index is 0.00450. The van der Waals surface area contributed by atoms with Crippen LogP contribution in [-0.4, -0.2) is 104 Å². The van der Waals surface area contributed by atoms with Crippen LogP contribution in [0, 0.1) is 13.8 Å². The van der Waals surface area contributed by atoms with E-state index in [1.54, 1.807) is 33.1 Å². The lowest BCUT2D eigenvalue weighted by atomic mass is 10.1. The molecule has 2 aromatic rings. The smallest absolute Gasteiger partial charge is 0.275 e. The standard InChI is InChI=1S/C27H39N5O5S/c1-20-16-23(36-3)17-21(2)26(20)38(34,35)32(22-6-7-22)18-25-28-24(19-37-25)27(33)31-14-12-30(13-15-31)11-10-29-8-4-5-9-29/h16-17,19,22H,4-15,18H2,1-3H3. The van der Waals surface area contributed by atoms with Crippen molar-refractivity contribution >= 4 is 15.9 Å². The molecule has 3 fully saturated rings. The van der Waals surface area contributed by atoms with E-state index in [0.717, 1.165) is 39.0 Å². The summed E-state index contributed by atoms with van der Waals surface area (Å²) in [5.41, 5.74) is 1.50. The highest BCUT2D eigenvalue weighted by molar-refractivity contribution is 7.89. The number of carbonyl (C=O) groups is 1. The number of sulfonamides is 1. The maximum absolute atomic E-state index is 13.7. The number of hydrogen-bond acceptors (Lipinski definition) is 8. The number of carbonyl (C=O) groups excluding carboxylic acids is 1. The summed E-state index contributed by atoms with van der Waals surface area (Å²) in [6.45, 7) is 11.1. The van der Waals surface area contributed by atoms with Crippen molar-refractivity contribution in [2.75, 3.05) is 59.5 Å². The fourth-order valence-electron chi connectivity index (χ4n) is 5.57. The highest BCUT2D eigenvalue weighted by Gasteiger charge is 2.40. The summed E-state index contributed by atoms with van der Waals surface area (Å²) in [4.78, 5) is 24.6. The molecule has 208 valence electrons. The van der Waals surface area contributed by atoms with Gasteiger partial charge in [0.25, 0.3) is 5.91 Å². The Kier molecular flexibility index (Phi) is 8.08. The topological polar surface area (TPSA) is 99.4 Å². The van der Waals surface area contributed by atoms with E-state index in [-0.39, 0.29) is 35.0 Å². The number of amides is 1. The minimum Gasteiger partial charge on any atom is -0.497 e. The first-order valence-corrected chi connectivity index (χ1v) is 15.1. The molecule has 5 rings (SSSR count). The summed E-state index contributed by atoms with van der Waals surface area (Å²) in [6, 6.07) is 3.37. The van der Waals surface area contributed by atoms with Crippen LogP contribution < -0.4 is 4.74 Å². The lowest BCUT2D eigenvalue weighted by molar-refractivity contribution is 0.0621. The predicted octanol–water partition coefficient (Wildman–Crippen LogP) is 2.51. The summed E-state index contributed by atoms with van der Waals surface area (Å²) in [5.74, 6) is 0.693. The van der Waals surface area contributed by atoms with Crippen molar-refractivity contribution in [3.63, 3.8) is 0 Å². The van der Waals surface area contributed by atoms with Gasteiger partial charge in [-0.2, -0.15) is 4.31 Å². The third-order valence-corrected chi connectivity index (χ3v) is 10.0. The molecule has 1 aromatic carbocycles. The van der Waals surface area contributed by atoms with Crippen molar-refractivity contribution in [2.45, 2.75) is 57.0 Å². The summed E-state index contributed by atoms with van der Waals surface area (Å²) in [7, 11) is -2.23. The Hall–Kier alpha value is -2.47. The van der Waals surface area contributed by atoms with Gasteiger partial charge in [0.15, 0.2) is 5.69 Å². The Balaban J connectivity index is 1.22. The first-order valence-electron chi connectivity index (χ1n) is 13.6. The molecule has 38 heavy (non-hydrogen) atoms. The second kappa shape index (κ2) is 11.3. The number of rotatable bonds is 10. The van der Waals surface area contributed by atoms with E-state index in [1.807, 2.05) is 4.90 Å². The first kappa shape index (κ1) is 27.1. The van der Waals surface area contributed by atoms with Gasteiger partial charge in [0.2, 0.25) is 15.9 Å². The molecule has 1 amide bonds. The number of oxazole rings is 1. The Bertz CT molecular complexity index is 1220. The number of methoxy groups -OCH3 is 1. The van der Waals surface area contributed by atoms with Crippen molar-refractivity contribution in [2.24, 2.45) is 0 Å². The van der Waals surface area contributed by atoms with E-state index in [9.17, 15) is 13.2 Å². The lowest BCUT2D eigenvalue weighted by Crippen LogP contribution is -2.50. The maximum atomic E-state index is 13.7. The molecule has 2 saturated heterocycles. The molecule has 3 aliphatic rings. The van der Waals surface area contributed by atoms with Crippen LogP contribution in [0.5, 0.6) is 5.75 Å². The summed E-state index contributed by atoms with van der Waals surface area (Å²) < 4.78 is 39.9. The van der Waals surface area contributed by atoms with Gasteiger partial charge in [-0.05, 0) is 75.9 Å². The van der Waals surface area contributed by atoms with E-state index in [2.05, 4.69) is 14.8 Å². The van der Waals surface area contributed by atoms with Crippen molar-refractivity contribution in [1.82, 2.24) is 24.0 Å². The van der Waals surface area contributed by atoms with Gasteiger partial charge in [0, 0.05) is 45.3 Å². The molecule has 1 aliphatic carbocycles. The summed E-state index contributed by atoms with van der Waals surface area (Å²) >= 11 is 0. The highest BCUT2D eigenvalue weighted by Crippen LogP contribution is 2.36. The van der Waals surface area contributed by atoms with Crippen LogP contribution in [0.4, 0.5) is 0 Å². The van der Waals surface area contributed by atoms with Crippen molar-refractivity contribution in [1.29, 1.82) is 0 Å². The predicted molar refractivity (Wildman–Crippen MR) is 143 cm³/mol. The molecule has 0 bridgehead atoms. The number of ether oxygens (including phenoxy) is 1. The molecule has 3 heterocycles. The zero-order chi connectivity index (χ0) is 26.9. The molecule has 1 saturated carbocycles. The number of nitrogens with zero attached hydrogens (tertiary/aromatic N) is 5. The molecular weight excluding hydrogens is 506 g/mol. The zero-order valence-electron chi connectivity index (χ0n) is 22.7. The molecule has 2 aliphatic heterocycles. The molecule has 1 aromatic heterocycles. The van der Waals surface area contributed by atoms with Gasteiger partial charge in [-0.1, -0.05) is 0 Å². The third kappa shape index (κ3) is 5.90. The van der Waals surface area contributed by atoms with E-state index < -0.39 is 10.0 Å². The molecule has 10 nitrogen and oxygen atoms in total. The maximum Gasteiger partial charge on any atom is 0.275 e. The molecule has 0 unspecified atom stereocenters. The summed E-state index contributed by atoms with van der Waals surface area (Å²) in [5, 5.41) is 0. The summed E-state index contributed by atoms with van der Waals surface area (Å²) in [6.07, 6.45) is 5.54. The lowest BCUT2D eigenvalue weighted by Gasteiger charge is -2.35. The number of aryl methyl sites for hydroxylation is 2. The van der Waals surface area contributed by atoms with Gasteiger partial charge in [-0.3, -0.25) is 9.69 Å². The van der Waals surface area contributed by atoms with Crippen LogP contribution >= 0.6 is 0 Å². The van der Waals surface area contributed by atoms with Crippen LogP contribution in [-0.2, 0) is 16.6 Å². The Morgan fingerprint density at radius 2 is 1.63 bits per heavy atom. The number of likely N-dealkylation sites (tertiary alicyclic amines) is 1. The number of piperazine rings is 1. The van der Waals surface area contributed by atoms with Gasteiger partial charge in [-0.15, -0.1) is 0 Å². The molecule has 0 radical (unpaired) electrons. The van der Waals surface area contributed by atoms with Crippen LogP contribution in [0.2, 0.25) is 0 Å². The van der Waals surface area contributed by atoms with Crippen LogP contribution in [0.3, 0.4) is 0 Å². The molecular formula is C27H39N5O5S. The van der Waals surface area contributed by atoms with Crippen molar-refractivity contribution < 1.29 is 22.4 Å². The first-order chi connectivity index (χ1) is 18.3. The quantitative estimate of drug-likeness (QED) is 0.449.